The normalized spacial score (nSPS) is 32.3. The number of hydrogen-bond donors (Lipinski definition) is 1. The lowest BCUT2D eigenvalue weighted by Crippen LogP contribution is -2.59. The Bertz CT molecular complexity index is 760. The van der Waals surface area contributed by atoms with Gasteiger partial charge < -0.3 is 19.5 Å². The van der Waals surface area contributed by atoms with E-state index in [1.54, 1.807) is 14.2 Å². The van der Waals surface area contributed by atoms with E-state index in [1.807, 2.05) is 6.07 Å². The van der Waals surface area contributed by atoms with Gasteiger partial charge in [-0.15, -0.1) is 0 Å². The van der Waals surface area contributed by atoms with Crippen LogP contribution < -0.4 is 14.8 Å². The second kappa shape index (κ2) is 5.38. The minimum atomic E-state index is -0.593. The van der Waals surface area contributed by atoms with Crippen LogP contribution in [0.1, 0.15) is 36.8 Å². The van der Waals surface area contributed by atoms with E-state index in [0.29, 0.717) is 24.3 Å². The van der Waals surface area contributed by atoms with Crippen molar-refractivity contribution < 1.29 is 23.8 Å². The molecule has 6 nitrogen and oxygen atoms in total. The zero-order valence-corrected chi connectivity index (χ0v) is 14.8. The fourth-order valence-corrected chi connectivity index (χ4v) is 5.62. The van der Waals surface area contributed by atoms with Gasteiger partial charge in [0.2, 0.25) is 5.91 Å². The predicted molar refractivity (Wildman–Crippen MR) is 89.8 cm³/mol. The number of methoxy groups -OCH3 is 3. The molecule has 1 aromatic carbocycles. The first-order chi connectivity index (χ1) is 12.0. The molecule has 2 unspecified atom stereocenters. The molecule has 0 bridgehead atoms. The molecule has 6 heteroatoms. The summed E-state index contributed by atoms with van der Waals surface area (Å²) in [5.41, 5.74) is 1.17. The highest BCUT2D eigenvalue weighted by Gasteiger charge is 2.70. The van der Waals surface area contributed by atoms with Crippen LogP contribution in [0.15, 0.2) is 12.1 Å². The Morgan fingerprint density at radius 3 is 2.68 bits per heavy atom. The molecule has 0 spiro atoms. The van der Waals surface area contributed by atoms with Gasteiger partial charge in [0.1, 0.15) is 0 Å². The van der Waals surface area contributed by atoms with Gasteiger partial charge in [-0.2, -0.15) is 0 Å². The van der Waals surface area contributed by atoms with Crippen molar-refractivity contribution in [2.24, 2.45) is 5.92 Å². The highest BCUT2D eigenvalue weighted by molar-refractivity contribution is 5.88. The molecule has 1 saturated heterocycles. The van der Waals surface area contributed by atoms with E-state index in [0.717, 1.165) is 24.8 Å². The molecule has 3 atom stereocenters. The smallest absolute Gasteiger partial charge is 0.311 e. The van der Waals surface area contributed by atoms with Crippen LogP contribution in [0.2, 0.25) is 0 Å². The third-order valence-corrected chi connectivity index (χ3v) is 6.52. The monoisotopic (exact) mass is 345 g/mol. The van der Waals surface area contributed by atoms with Crippen molar-refractivity contribution in [3.05, 3.63) is 23.3 Å². The molecule has 1 aromatic rings. The van der Waals surface area contributed by atoms with Crippen molar-refractivity contribution in [2.75, 3.05) is 21.3 Å². The lowest BCUT2D eigenvalue weighted by Gasteiger charge is -2.47. The van der Waals surface area contributed by atoms with Crippen LogP contribution in [-0.2, 0) is 26.2 Å². The van der Waals surface area contributed by atoms with Crippen LogP contribution in [0.5, 0.6) is 11.5 Å². The number of ether oxygens (including phenoxy) is 3. The van der Waals surface area contributed by atoms with Crippen LogP contribution >= 0.6 is 0 Å². The number of benzene rings is 1. The fraction of sp³-hybridized carbons (Fsp3) is 0.579. The highest BCUT2D eigenvalue weighted by Crippen LogP contribution is 2.64. The van der Waals surface area contributed by atoms with Gasteiger partial charge in [0.05, 0.1) is 32.8 Å². The molecule has 134 valence electrons. The van der Waals surface area contributed by atoms with Gasteiger partial charge in [0.15, 0.2) is 11.5 Å². The van der Waals surface area contributed by atoms with Crippen molar-refractivity contribution in [3.63, 3.8) is 0 Å². The summed E-state index contributed by atoms with van der Waals surface area (Å²) in [6.45, 7) is 0. The highest BCUT2D eigenvalue weighted by atomic mass is 16.5. The van der Waals surface area contributed by atoms with Crippen molar-refractivity contribution >= 4 is 11.9 Å². The van der Waals surface area contributed by atoms with Gasteiger partial charge in [-0.25, -0.2) is 0 Å². The molecule has 0 aromatic heterocycles. The quantitative estimate of drug-likeness (QED) is 0.845. The maximum atomic E-state index is 12.5. The lowest BCUT2D eigenvalue weighted by atomic mass is 9.58. The molecule has 1 heterocycles. The summed E-state index contributed by atoms with van der Waals surface area (Å²) in [6, 6.07) is 3.97. The van der Waals surface area contributed by atoms with E-state index in [2.05, 4.69) is 11.4 Å². The molecule has 1 saturated carbocycles. The second-order valence-corrected chi connectivity index (χ2v) is 7.23. The number of hydrogen-bond acceptors (Lipinski definition) is 5. The molecule has 1 aliphatic heterocycles. The zero-order chi connectivity index (χ0) is 17.8. The largest absolute Gasteiger partial charge is 0.493 e. The molecule has 2 aliphatic carbocycles. The maximum Gasteiger partial charge on any atom is 0.311 e. The van der Waals surface area contributed by atoms with Crippen LogP contribution in [0.4, 0.5) is 0 Å². The first kappa shape index (κ1) is 16.2. The number of carbonyl (C=O) groups is 2. The minimum absolute atomic E-state index is 0.00803. The molecule has 1 amide bonds. The van der Waals surface area contributed by atoms with E-state index in [-0.39, 0.29) is 17.8 Å². The van der Waals surface area contributed by atoms with Gasteiger partial charge in [-0.05, 0) is 37.3 Å². The second-order valence-electron chi connectivity index (χ2n) is 7.23. The standard InChI is InChI=1S/C19H23NO5/c1-23-13-5-4-11-6-9-19-12(17(22)25-3)7-8-18(19,10-14(21)20-19)15(11)16(13)24-2/h4-5,12H,6-10H2,1-3H3,(H,20,21)/t12?,18-,19?/m1/s1. The molecule has 25 heavy (non-hydrogen) atoms. The van der Waals surface area contributed by atoms with E-state index < -0.39 is 11.0 Å². The molecular formula is C19H23NO5. The van der Waals surface area contributed by atoms with Crippen molar-refractivity contribution in [1.29, 1.82) is 0 Å². The average molecular weight is 345 g/mol. The van der Waals surface area contributed by atoms with Gasteiger partial charge >= 0.3 is 5.97 Å². The van der Waals surface area contributed by atoms with Gasteiger partial charge in [0, 0.05) is 17.4 Å². The summed E-state index contributed by atoms with van der Waals surface area (Å²) in [5.74, 6) is 0.770. The topological polar surface area (TPSA) is 73.9 Å². The van der Waals surface area contributed by atoms with Gasteiger partial charge in [0.25, 0.3) is 0 Å². The first-order valence-corrected chi connectivity index (χ1v) is 8.66. The molecule has 2 fully saturated rings. The summed E-state index contributed by atoms with van der Waals surface area (Å²) in [6.07, 6.45) is 3.35. The summed E-state index contributed by atoms with van der Waals surface area (Å²) in [5, 5.41) is 3.18. The maximum absolute atomic E-state index is 12.5. The van der Waals surface area contributed by atoms with Crippen molar-refractivity contribution in [1.82, 2.24) is 5.32 Å². The summed E-state index contributed by atoms with van der Waals surface area (Å²) >= 11 is 0. The summed E-state index contributed by atoms with van der Waals surface area (Å²) in [7, 11) is 4.65. The summed E-state index contributed by atoms with van der Waals surface area (Å²) < 4.78 is 16.3. The Morgan fingerprint density at radius 1 is 1.20 bits per heavy atom. The third-order valence-electron chi connectivity index (χ3n) is 6.52. The fourth-order valence-electron chi connectivity index (χ4n) is 5.62. The molecule has 1 N–H and O–H groups in total. The van der Waals surface area contributed by atoms with E-state index >= 15 is 0 Å². The van der Waals surface area contributed by atoms with Crippen LogP contribution in [0.3, 0.4) is 0 Å². The SMILES string of the molecule is COC(=O)C1CC[C@]23CC(=O)NC12CCc1ccc(OC)c(OC)c13. The third kappa shape index (κ3) is 1.85. The molecule has 4 rings (SSSR count). The number of rotatable bonds is 3. The van der Waals surface area contributed by atoms with E-state index in [1.165, 1.54) is 12.7 Å². The number of esters is 1. The van der Waals surface area contributed by atoms with E-state index in [9.17, 15) is 9.59 Å². The number of fused-ring (bicyclic) bond motifs is 1. The Hall–Kier alpha value is -2.24. The van der Waals surface area contributed by atoms with Crippen molar-refractivity contribution in [3.8, 4) is 11.5 Å². The average Bonchev–Trinajstić information content (AvgIpc) is 3.09. The van der Waals surface area contributed by atoms with Crippen LogP contribution in [-0.4, -0.2) is 38.7 Å². The molecular weight excluding hydrogens is 322 g/mol. The van der Waals surface area contributed by atoms with Crippen molar-refractivity contribution in [2.45, 2.75) is 43.1 Å². The lowest BCUT2D eigenvalue weighted by molar-refractivity contribution is -0.148. The minimum Gasteiger partial charge on any atom is -0.493 e. The first-order valence-electron chi connectivity index (χ1n) is 8.66. The molecule has 0 radical (unpaired) electrons. The van der Waals surface area contributed by atoms with Gasteiger partial charge in [-0.1, -0.05) is 6.07 Å². The Labute approximate surface area is 146 Å². The Balaban J connectivity index is 1.97. The zero-order valence-electron chi connectivity index (χ0n) is 14.8. The summed E-state index contributed by atoms with van der Waals surface area (Å²) in [4.78, 5) is 25.0. The Kier molecular flexibility index (Phi) is 3.49. The number of carbonyl (C=O) groups excluding carboxylic acids is 2. The number of nitrogens with one attached hydrogen (secondary N) is 1. The van der Waals surface area contributed by atoms with E-state index in [4.69, 9.17) is 14.2 Å². The van der Waals surface area contributed by atoms with Gasteiger partial charge in [-0.3, -0.25) is 9.59 Å². The van der Waals surface area contributed by atoms with Crippen LogP contribution in [0.25, 0.3) is 0 Å². The number of amides is 1. The Morgan fingerprint density at radius 2 is 2.00 bits per heavy atom. The predicted octanol–water partition coefficient (Wildman–Crippen LogP) is 1.73. The number of aryl methyl sites for hydroxylation is 1. The van der Waals surface area contributed by atoms with Crippen LogP contribution in [0, 0.1) is 5.92 Å². The molecule has 3 aliphatic rings.